The van der Waals surface area contributed by atoms with Gasteiger partial charge in [0.05, 0.1) is 5.41 Å². The fourth-order valence-corrected chi connectivity index (χ4v) is 3.45. The lowest BCUT2D eigenvalue weighted by atomic mass is 9.63. The lowest BCUT2D eigenvalue weighted by molar-refractivity contribution is -0.138. The van der Waals surface area contributed by atoms with E-state index in [0.29, 0.717) is 18.6 Å². The lowest BCUT2D eigenvalue weighted by Gasteiger charge is -2.39. The van der Waals surface area contributed by atoms with Crippen LogP contribution in [0.2, 0.25) is 0 Å². The van der Waals surface area contributed by atoms with E-state index in [1.165, 1.54) is 12.0 Å². The van der Waals surface area contributed by atoms with Crippen LogP contribution in [0.25, 0.3) is 0 Å². The van der Waals surface area contributed by atoms with Crippen molar-refractivity contribution in [3.63, 3.8) is 0 Å². The van der Waals surface area contributed by atoms with Gasteiger partial charge >= 0.3 is 5.97 Å². The van der Waals surface area contributed by atoms with Crippen molar-refractivity contribution in [1.29, 1.82) is 0 Å². The monoisotopic (exact) mass is 250 g/mol. The van der Waals surface area contributed by atoms with Crippen molar-refractivity contribution in [1.82, 2.24) is 0 Å². The van der Waals surface area contributed by atoms with Gasteiger partial charge in [0.25, 0.3) is 0 Å². The van der Waals surface area contributed by atoms with Crippen LogP contribution in [-0.2, 0) is 9.59 Å². The van der Waals surface area contributed by atoms with Crippen LogP contribution in [0.1, 0.15) is 64.2 Å². The molecule has 18 heavy (non-hydrogen) atoms. The average Bonchev–Trinajstić information content (AvgIpc) is 2.39. The Morgan fingerprint density at radius 2 is 2.00 bits per heavy atom. The number of carbonyl (C=O) groups excluding carboxylic acids is 1. The summed E-state index contributed by atoms with van der Waals surface area (Å²) in [6.07, 6.45) is 10.8. The summed E-state index contributed by atoms with van der Waals surface area (Å²) in [6, 6.07) is 0. The number of rotatable bonds is 4. The van der Waals surface area contributed by atoms with Gasteiger partial charge in [-0.15, -0.1) is 0 Å². The van der Waals surface area contributed by atoms with Gasteiger partial charge in [-0.1, -0.05) is 18.1 Å². The van der Waals surface area contributed by atoms with Crippen molar-refractivity contribution in [2.45, 2.75) is 64.2 Å². The Hall–Kier alpha value is -1.12. The van der Waals surface area contributed by atoms with Crippen LogP contribution in [-0.4, -0.2) is 16.9 Å². The molecule has 0 aromatic carbocycles. The SMILES string of the molecule is O=C(O)CCC1(C2=CCCCC2)CCCCC1=O. The molecule has 0 heterocycles. The van der Waals surface area contributed by atoms with Crippen LogP contribution in [0.15, 0.2) is 11.6 Å². The highest BCUT2D eigenvalue weighted by Crippen LogP contribution is 2.46. The zero-order chi connectivity index (χ0) is 13.0. The molecule has 0 amide bonds. The van der Waals surface area contributed by atoms with E-state index in [0.717, 1.165) is 38.5 Å². The van der Waals surface area contributed by atoms with E-state index in [4.69, 9.17) is 5.11 Å². The Bertz CT molecular complexity index is 370. The van der Waals surface area contributed by atoms with Crippen LogP contribution in [0.5, 0.6) is 0 Å². The molecule has 0 saturated heterocycles. The van der Waals surface area contributed by atoms with Crippen LogP contribution < -0.4 is 0 Å². The number of carboxylic acids is 1. The molecular weight excluding hydrogens is 228 g/mol. The molecule has 1 atom stereocenters. The highest BCUT2D eigenvalue weighted by Gasteiger charge is 2.42. The Labute approximate surface area is 108 Å². The van der Waals surface area contributed by atoms with Crippen molar-refractivity contribution < 1.29 is 14.7 Å². The third kappa shape index (κ3) is 2.65. The van der Waals surface area contributed by atoms with Gasteiger partial charge in [0, 0.05) is 12.8 Å². The fourth-order valence-electron chi connectivity index (χ4n) is 3.45. The number of carbonyl (C=O) groups is 2. The normalized spacial score (nSPS) is 28.9. The largest absolute Gasteiger partial charge is 0.481 e. The molecule has 1 fully saturated rings. The first-order valence-corrected chi connectivity index (χ1v) is 7.10. The molecule has 2 aliphatic rings. The van der Waals surface area contributed by atoms with Gasteiger partial charge in [-0.3, -0.25) is 9.59 Å². The molecule has 1 unspecified atom stereocenters. The van der Waals surface area contributed by atoms with E-state index >= 15 is 0 Å². The second kappa shape index (κ2) is 5.68. The first-order valence-electron chi connectivity index (χ1n) is 7.10. The third-order valence-electron chi connectivity index (χ3n) is 4.46. The molecule has 0 bridgehead atoms. The Kier molecular flexibility index (Phi) is 4.20. The first kappa shape index (κ1) is 13.3. The number of Topliss-reactive ketones (excluding diaryl/α,β-unsaturated/α-hetero) is 1. The maximum Gasteiger partial charge on any atom is 0.303 e. The molecule has 100 valence electrons. The van der Waals surface area contributed by atoms with Crippen LogP contribution >= 0.6 is 0 Å². The van der Waals surface area contributed by atoms with E-state index in [1.807, 2.05) is 0 Å². The molecule has 3 nitrogen and oxygen atoms in total. The quantitative estimate of drug-likeness (QED) is 0.777. The molecule has 0 spiro atoms. The zero-order valence-electron chi connectivity index (χ0n) is 10.9. The van der Waals surface area contributed by atoms with Gasteiger partial charge in [-0.2, -0.15) is 0 Å². The third-order valence-corrected chi connectivity index (χ3v) is 4.46. The molecule has 0 radical (unpaired) electrons. The van der Waals surface area contributed by atoms with Gasteiger partial charge in [-0.05, 0) is 44.9 Å². The summed E-state index contributed by atoms with van der Waals surface area (Å²) >= 11 is 0. The van der Waals surface area contributed by atoms with Crippen LogP contribution in [0.3, 0.4) is 0 Å². The molecule has 2 aliphatic carbocycles. The minimum atomic E-state index is -0.788. The summed E-state index contributed by atoms with van der Waals surface area (Å²) in [4.78, 5) is 23.2. The Balaban J connectivity index is 2.22. The van der Waals surface area contributed by atoms with Gasteiger partial charge in [0.2, 0.25) is 0 Å². The number of carboxylic acid groups (broad SMARTS) is 1. The van der Waals surface area contributed by atoms with Crippen molar-refractivity contribution in [3.8, 4) is 0 Å². The Morgan fingerprint density at radius 3 is 2.61 bits per heavy atom. The van der Waals surface area contributed by atoms with Crippen LogP contribution in [0.4, 0.5) is 0 Å². The van der Waals surface area contributed by atoms with Gasteiger partial charge in [-0.25, -0.2) is 0 Å². The van der Waals surface area contributed by atoms with Crippen molar-refractivity contribution in [3.05, 3.63) is 11.6 Å². The second-order valence-corrected chi connectivity index (χ2v) is 5.58. The smallest absolute Gasteiger partial charge is 0.303 e. The minimum absolute atomic E-state index is 0.114. The molecular formula is C15H22O3. The van der Waals surface area contributed by atoms with Crippen molar-refractivity contribution in [2.24, 2.45) is 5.41 Å². The Morgan fingerprint density at radius 1 is 1.22 bits per heavy atom. The number of hydrogen-bond acceptors (Lipinski definition) is 2. The fraction of sp³-hybridized carbons (Fsp3) is 0.733. The van der Waals surface area contributed by atoms with E-state index in [1.54, 1.807) is 0 Å². The molecule has 1 saturated carbocycles. The maximum atomic E-state index is 12.4. The summed E-state index contributed by atoms with van der Waals surface area (Å²) < 4.78 is 0. The molecule has 0 aliphatic heterocycles. The molecule has 2 rings (SSSR count). The highest BCUT2D eigenvalue weighted by molar-refractivity contribution is 5.89. The number of allylic oxidation sites excluding steroid dienone is 2. The predicted molar refractivity (Wildman–Crippen MR) is 69.3 cm³/mol. The molecule has 0 aromatic rings. The minimum Gasteiger partial charge on any atom is -0.481 e. The first-order chi connectivity index (χ1) is 8.65. The van der Waals surface area contributed by atoms with Crippen LogP contribution in [0, 0.1) is 5.41 Å². The topological polar surface area (TPSA) is 54.4 Å². The average molecular weight is 250 g/mol. The van der Waals surface area contributed by atoms with E-state index in [2.05, 4.69) is 6.08 Å². The van der Waals surface area contributed by atoms with Gasteiger partial charge < -0.3 is 5.11 Å². The summed E-state index contributed by atoms with van der Waals surface area (Å²) in [7, 11) is 0. The lowest BCUT2D eigenvalue weighted by Crippen LogP contribution is -2.37. The van der Waals surface area contributed by atoms with Gasteiger partial charge in [0.1, 0.15) is 5.78 Å². The van der Waals surface area contributed by atoms with Crippen molar-refractivity contribution in [2.75, 3.05) is 0 Å². The van der Waals surface area contributed by atoms with E-state index in [9.17, 15) is 9.59 Å². The molecule has 1 N–H and O–H groups in total. The predicted octanol–water partition coefficient (Wildman–Crippen LogP) is 3.48. The summed E-state index contributed by atoms with van der Waals surface area (Å²) in [5.74, 6) is -0.493. The summed E-state index contributed by atoms with van der Waals surface area (Å²) in [5.41, 5.74) is 0.830. The van der Waals surface area contributed by atoms with Gasteiger partial charge in [0.15, 0.2) is 0 Å². The number of ketones is 1. The number of aliphatic carboxylic acids is 1. The number of hydrogen-bond donors (Lipinski definition) is 1. The summed E-state index contributed by atoms with van der Waals surface area (Å²) in [6.45, 7) is 0. The molecule has 3 heteroatoms. The van der Waals surface area contributed by atoms with E-state index < -0.39 is 11.4 Å². The second-order valence-electron chi connectivity index (χ2n) is 5.58. The maximum absolute atomic E-state index is 12.4. The molecule has 0 aromatic heterocycles. The van der Waals surface area contributed by atoms with E-state index in [-0.39, 0.29) is 6.42 Å². The standard InChI is InChI=1S/C15H22O3/c16-13-8-4-5-10-15(13,11-9-14(17)18)12-6-2-1-3-7-12/h6H,1-5,7-11H2,(H,17,18). The van der Waals surface area contributed by atoms with Crippen molar-refractivity contribution >= 4 is 11.8 Å². The zero-order valence-corrected chi connectivity index (χ0v) is 10.9. The summed E-state index contributed by atoms with van der Waals surface area (Å²) in [5, 5.41) is 8.91. The highest BCUT2D eigenvalue weighted by atomic mass is 16.4.